The van der Waals surface area contributed by atoms with Gasteiger partial charge in [-0.25, -0.2) is 0 Å². The molecular weight excluding hydrogens is 407 g/mol. The minimum atomic E-state index is -4.36. The van der Waals surface area contributed by atoms with E-state index in [-0.39, 0.29) is 24.9 Å². The summed E-state index contributed by atoms with van der Waals surface area (Å²) in [4.78, 5) is 26.2. The van der Waals surface area contributed by atoms with Crippen LogP contribution in [0, 0.1) is 0 Å². The van der Waals surface area contributed by atoms with Crippen LogP contribution < -0.4 is 0 Å². The lowest BCUT2D eigenvalue weighted by Gasteiger charge is -2.23. The number of alkyl halides is 3. The number of carbonyl (C=O) groups excluding carboxylic acids is 2. The van der Waals surface area contributed by atoms with Gasteiger partial charge in [0.05, 0.1) is 5.56 Å². The number of nitrogens with zero attached hydrogens (tertiary/aromatic N) is 1. The van der Waals surface area contributed by atoms with E-state index in [0.29, 0.717) is 37.9 Å². The number of benzene rings is 2. The third kappa shape index (κ3) is 8.28. The fraction of sp³-hybridized carbons (Fsp3) is 0.333. The van der Waals surface area contributed by atoms with Crippen LogP contribution in [-0.2, 0) is 22.1 Å². The number of amides is 1. The largest absolute Gasteiger partial charge is 0.461 e. The number of halogens is 3. The first-order valence-corrected chi connectivity index (χ1v) is 10.1. The molecule has 2 aromatic carbocycles. The van der Waals surface area contributed by atoms with E-state index in [4.69, 9.17) is 4.74 Å². The maximum absolute atomic E-state index is 12.9. The predicted octanol–water partition coefficient (Wildman–Crippen LogP) is 5.29. The highest BCUT2D eigenvalue weighted by atomic mass is 19.4. The monoisotopic (exact) mass is 433 g/mol. The van der Waals surface area contributed by atoms with Crippen LogP contribution in [0.25, 0.3) is 0 Å². The molecule has 31 heavy (non-hydrogen) atoms. The summed E-state index contributed by atoms with van der Waals surface area (Å²) in [7, 11) is 0. The fourth-order valence-electron chi connectivity index (χ4n) is 3.05. The number of hydrogen-bond donors (Lipinski definition) is 0. The van der Waals surface area contributed by atoms with Gasteiger partial charge in [0.25, 0.3) is 5.91 Å². The van der Waals surface area contributed by atoms with Gasteiger partial charge in [0, 0.05) is 25.1 Å². The molecule has 166 valence electrons. The van der Waals surface area contributed by atoms with Crippen molar-refractivity contribution in [2.75, 3.05) is 19.7 Å². The standard InChI is InChI=1S/C24H26F3NO3/c1-2-18-31-22(29)11-7-17-28(23(30)20-9-4-3-5-10-20)16-6-8-19-12-14-21(15-13-19)24(25,26)27/h2-5,9-10,12-15H,1,6-8,11,16-18H2. The quantitative estimate of drug-likeness (QED) is 0.357. The molecule has 0 aliphatic heterocycles. The highest BCUT2D eigenvalue weighted by molar-refractivity contribution is 5.94. The van der Waals surface area contributed by atoms with E-state index in [1.807, 2.05) is 6.07 Å². The average Bonchev–Trinajstić information content (AvgIpc) is 2.76. The van der Waals surface area contributed by atoms with Crippen LogP contribution in [0.3, 0.4) is 0 Å². The van der Waals surface area contributed by atoms with Crippen LogP contribution in [0.4, 0.5) is 13.2 Å². The molecule has 0 aliphatic rings. The second-order valence-electron chi connectivity index (χ2n) is 7.03. The van der Waals surface area contributed by atoms with Gasteiger partial charge in [0.2, 0.25) is 0 Å². The molecule has 0 radical (unpaired) electrons. The molecule has 0 spiro atoms. The molecule has 0 atom stereocenters. The smallest absolute Gasteiger partial charge is 0.416 e. The van der Waals surface area contributed by atoms with E-state index in [1.165, 1.54) is 18.2 Å². The number of aryl methyl sites for hydroxylation is 1. The molecule has 7 heteroatoms. The second-order valence-corrected chi connectivity index (χ2v) is 7.03. The van der Waals surface area contributed by atoms with Crippen molar-refractivity contribution >= 4 is 11.9 Å². The van der Waals surface area contributed by atoms with Crippen LogP contribution in [0.2, 0.25) is 0 Å². The maximum Gasteiger partial charge on any atom is 0.416 e. The third-order valence-electron chi connectivity index (χ3n) is 4.65. The molecule has 2 rings (SSSR count). The highest BCUT2D eigenvalue weighted by Gasteiger charge is 2.29. The van der Waals surface area contributed by atoms with E-state index in [9.17, 15) is 22.8 Å². The molecule has 0 N–H and O–H groups in total. The Hall–Kier alpha value is -3.09. The molecule has 0 saturated heterocycles. The lowest BCUT2D eigenvalue weighted by Crippen LogP contribution is -2.33. The van der Waals surface area contributed by atoms with Crippen molar-refractivity contribution in [1.82, 2.24) is 4.90 Å². The summed E-state index contributed by atoms with van der Waals surface area (Å²) in [6.07, 6.45) is -1.10. The number of esters is 1. The van der Waals surface area contributed by atoms with Gasteiger partial charge in [0.1, 0.15) is 6.61 Å². The van der Waals surface area contributed by atoms with Crippen molar-refractivity contribution in [3.8, 4) is 0 Å². The molecule has 0 aliphatic carbocycles. The van der Waals surface area contributed by atoms with Crippen LogP contribution in [0.5, 0.6) is 0 Å². The summed E-state index contributed by atoms with van der Waals surface area (Å²) < 4.78 is 43.0. The Balaban J connectivity index is 1.94. The van der Waals surface area contributed by atoms with Crippen molar-refractivity contribution in [2.45, 2.75) is 31.9 Å². The van der Waals surface area contributed by atoms with Crippen LogP contribution >= 0.6 is 0 Å². The molecular formula is C24H26F3NO3. The Morgan fingerprint density at radius 3 is 2.23 bits per heavy atom. The van der Waals surface area contributed by atoms with Crippen LogP contribution in [0.1, 0.15) is 40.7 Å². The van der Waals surface area contributed by atoms with Crippen LogP contribution in [0.15, 0.2) is 67.3 Å². The molecule has 2 aromatic rings. The van der Waals surface area contributed by atoms with Crippen molar-refractivity contribution in [3.63, 3.8) is 0 Å². The minimum Gasteiger partial charge on any atom is -0.461 e. The van der Waals surface area contributed by atoms with Crippen molar-refractivity contribution in [2.24, 2.45) is 0 Å². The van der Waals surface area contributed by atoms with Gasteiger partial charge >= 0.3 is 12.1 Å². The summed E-state index contributed by atoms with van der Waals surface area (Å²) in [5, 5.41) is 0. The molecule has 0 saturated carbocycles. The summed E-state index contributed by atoms with van der Waals surface area (Å²) >= 11 is 0. The first-order valence-electron chi connectivity index (χ1n) is 10.1. The van der Waals surface area contributed by atoms with E-state index < -0.39 is 11.7 Å². The Bertz CT molecular complexity index is 849. The molecule has 0 aromatic heterocycles. The number of ether oxygens (including phenoxy) is 1. The summed E-state index contributed by atoms with van der Waals surface area (Å²) in [5.41, 5.74) is 0.639. The second kappa shape index (κ2) is 11.9. The zero-order chi connectivity index (χ0) is 22.7. The van der Waals surface area contributed by atoms with E-state index >= 15 is 0 Å². The van der Waals surface area contributed by atoms with E-state index in [1.54, 1.807) is 29.2 Å². The maximum atomic E-state index is 12.9. The lowest BCUT2D eigenvalue weighted by molar-refractivity contribution is -0.142. The zero-order valence-corrected chi connectivity index (χ0v) is 17.2. The minimum absolute atomic E-state index is 0.146. The highest BCUT2D eigenvalue weighted by Crippen LogP contribution is 2.29. The number of rotatable bonds is 11. The van der Waals surface area contributed by atoms with E-state index in [2.05, 4.69) is 6.58 Å². The zero-order valence-electron chi connectivity index (χ0n) is 17.2. The summed E-state index contributed by atoms with van der Waals surface area (Å²) in [5.74, 6) is -0.496. The molecule has 4 nitrogen and oxygen atoms in total. The first-order chi connectivity index (χ1) is 14.8. The Morgan fingerprint density at radius 1 is 0.968 bits per heavy atom. The third-order valence-corrected chi connectivity index (χ3v) is 4.65. The van der Waals surface area contributed by atoms with E-state index in [0.717, 1.165) is 17.7 Å². The van der Waals surface area contributed by atoms with Crippen LogP contribution in [-0.4, -0.2) is 36.5 Å². The molecule has 0 bridgehead atoms. The fourth-order valence-corrected chi connectivity index (χ4v) is 3.05. The molecule has 0 unspecified atom stereocenters. The first kappa shape index (κ1) is 24.2. The molecule has 0 fully saturated rings. The average molecular weight is 433 g/mol. The van der Waals surface area contributed by atoms with Gasteiger partial charge in [-0.2, -0.15) is 13.2 Å². The lowest BCUT2D eigenvalue weighted by atomic mass is 10.1. The number of hydrogen-bond acceptors (Lipinski definition) is 3. The summed E-state index contributed by atoms with van der Waals surface area (Å²) in [6.45, 7) is 4.44. The predicted molar refractivity (Wildman–Crippen MR) is 113 cm³/mol. The van der Waals surface area contributed by atoms with Gasteiger partial charge in [0.15, 0.2) is 0 Å². The van der Waals surface area contributed by atoms with Crippen molar-refractivity contribution < 1.29 is 27.5 Å². The van der Waals surface area contributed by atoms with Crippen molar-refractivity contribution in [1.29, 1.82) is 0 Å². The van der Waals surface area contributed by atoms with Gasteiger partial charge < -0.3 is 9.64 Å². The Labute approximate surface area is 180 Å². The van der Waals surface area contributed by atoms with Crippen molar-refractivity contribution in [3.05, 3.63) is 83.9 Å². The van der Waals surface area contributed by atoms with Gasteiger partial charge in [-0.3, -0.25) is 9.59 Å². The SMILES string of the molecule is C=CCOC(=O)CCCN(CCCc1ccc(C(F)(F)F)cc1)C(=O)c1ccccc1. The van der Waals surface area contributed by atoms with Gasteiger partial charge in [-0.1, -0.05) is 43.0 Å². The Morgan fingerprint density at radius 2 is 1.61 bits per heavy atom. The Kier molecular flexibility index (Phi) is 9.31. The molecule has 1 amide bonds. The normalized spacial score (nSPS) is 11.1. The topological polar surface area (TPSA) is 46.6 Å². The van der Waals surface area contributed by atoms with Gasteiger partial charge in [-0.05, 0) is 49.1 Å². The number of carbonyl (C=O) groups is 2. The summed E-state index contributed by atoms with van der Waals surface area (Å²) in [6, 6.07) is 13.9. The molecule has 0 heterocycles. The van der Waals surface area contributed by atoms with Gasteiger partial charge in [-0.15, -0.1) is 0 Å².